The maximum atomic E-state index is 12.9. The minimum absolute atomic E-state index is 0.00418. The highest BCUT2D eigenvalue weighted by atomic mass is 16.6. The van der Waals surface area contributed by atoms with Crippen LogP contribution in [-0.2, 0) is 25.6 Å². The van der Waals surface area contributed by atoms with E-state index in [4.69, 9.17) is 14.2 Å². The SMILES string of the molecule is CO[C@@H]1C[C@@H](OCc2ccccc2)CC[C@@H]1N1CC[C@H](NC(=O)OC(C)(C)C)C1=O. The smallest absolute Gasteiger partial charge is 0.408 e. The average molecular weight is 419 g/mol. The summed E-state index contributed by atoms with van der Waals surface area (Å²) in [6.45, 7) is 6.60. The summed E-state index contributed by atoms with van der Waals surface area (Å²) in [5, 5.41) is 2.72. The van der Waals surface area contributed by atoms with Crippen molar-refractivity contribution in [3.05, 3.63) is 35.9 Å². The van der Waals surface area contributed by atoms with Crippen molar-refractivity contribution in [2.45, 2.75) is 83.0 Å². The highest BCUT2D eigenvalue weighted by molar-refractivity contribution is 5.87. The van der Waals surface area contributed by atoms with Crippen molar-refractivity contribution in [3.63, 3.8) is 0 Å². The number of carbonyl (C=O) groups is 2. The van der Waals surface area contributed by atoms with Crippen LogP contribution < -0.4 is 5.32 Å². The number of amides is 2. The number of likely N-dealkylation sites (tertiary alicyclic amines) is 1. The molecule has 2 aliphatic rings. The van der Waals surface area contributed by atoms with Crippen molar-refractivity contribution in [2.24, 2.45) is 0 Å². The number of ether oxygens (including phenoxy) is 3. The molecule has 7 heteroatoms. The molecule has 1 aromatic carbocycles. The molecule has 1 aliphatic carbocycles. The van der Waals surface area contributed by atoms with Crippen LogP contribution in [-0.4, -0.2) is 60.4 Å². The summed E-state index contributed by atoms with van der Waals surface area (Å²) in [6.07, 6.45) is 2.52. The minimum atomic E-state index is -0.593. The van der Waals surface area contributed by atoms with Crippen LogP contribution in [0.5, 0.6) is 0 Å². The number of hydrogen-bond acceptors (Lipinski definition) is 5. The number of benzene rings is 1. The highest BCUT2D eigenvalue weighted by Gasteiger charge is 2.42. The zero-order chi connectivity index (χ0) is 21.7. The fraction of sp³-hybridized carbons (Fsp3) is 0.652. The molecule has 7 nitrogen and oxygen atoms in total. The Morgan fingerprint density at radius 3 is 2.57 bits per heavy atom. The molecule has 1 aromatic rings. The molecule has 1 N–H and O–H groups in total. The molecule has 166 valence electrons. The van der Waals surface area contributed by atoms with Crippen molar-refractivity contribution in [3.8, 4) is 0 Å². The molecule has 30 heavy (non-hydrogen) atoms. The van der Waals surface area contributed by atoms with Crippen molar-refractivity contribution in [1.29, 1.82) is 0 Å². The molecule has 4 atom stereocenters. The molecule has 0 aromatic heterocycles. The number of alkyl carbamates (subject to hydrolysis) is 1. The number of rotatable bonds is 6. The minimum Gasteiger partial charge on any atom is -0.444 e. The number of nitrogens with zero attached hydrogens (tertiary/aromatic N) is 1. The summed E-state index contributed by atoms with van der Waals surface area (Å²) in [6, 6.07) is 9.59. The van der Waals surface area contributed by atoms with Gasteiger partial charge in [0.15, 0.2) is 0 Å². The lowest BCUT2D eigenvalue weighted by molar-refractivity contribution is -0.138. The Hall–Kier alpha value is -2.12. The largest absolute Gasteiger partial charge is 0.444 e. The van der Waals surface area contributed by atoms with Gasteiger partial charge in [-0.3, -0.25) is 4.79 Å². The number of nitrogens with one attached hydrogen (secondary N) is 1. The molecular weight excluding hydrogens is 384 g/mol. The topological polar surface area (TPSA) is 77.1 Å². The first-order chi connectivity index (χ1) is 14.3. The first-order valence-corrected chi connectivity index (χ1v) is 10.7. The third kappa shape index (κ3) is 5.95. The maximum Gasteiger partial charge on any atom is 0.408 e. The maximum absolute atomic E-state index is 12.9. The van der Waals surface area contributed by atoms with Crippen LogP contribution in [0, 0.1) is 0 Å². The summed E-state index contributed by atoms with van der Waals surface area (Å²) in [5.74, 6) is -0.0587. The van der Waals surface area contributed by atoms with Crippen LogP contribution in [0.3, 0.4) is 0 Å². The predicted molar refractivity (Wildman–Crippen MR) is 113 cm³/mol. The fourth-order valence-electron chi connectivity index (χ4n) is 4.24. The number of hydrogen-bond donors (Lipinski definition) is 1. The van der Waals surface area contributed by atoms with Gasteiger partial charge in [0.25, 0.3) is 0 Å². The van der Waals surface area contributed by atoms with E-state index < -0.39 is 17.7 Å². The lowest BCUT2D eigenvalue weighted by Gasteiger charge is -2.40. The molecule has 1 saturated carbocycles. The zero-order valence-corrected chi connectivity index (χ0v) is 18.4. The van der Waals surface area contributed by atoms with Crippen molar-refractivity contribution in [1.82, 2.24) is 10.2 Å². The van der Waals surface area contributed by atoms with Crippen molar-refractivity contribution >= 4 is 12.0 Å². The molecule has 3 rings (SSSR count). The quantitative estimate of drug-likeness (QED) is 0.767. The van der Waals surface area contributed by atoms with Gasteiger partial charge in [-0.1, -0.05) is 30.3 Å². The summed E-state index contributed by atoms with van der Waals surface area (Å²) < 4.78 is 17.1. The monoisotopic (exact) mass is 418 g/mol. The van der Waals surface area contributed by atoms with Gasteiger partial charge in [-0.15, -0.1) is 0 Å². The molecule has 1 heterocycles. The summed E-state index contributed by atoms with van der Waals surface area (Å²) in [4.78, 5) is 26.8. The Morgan fingerprint density at radius 2 is 1.90 bits per heavy atom. The lowest BCUT2D eigenvalue weighted by atomic mass is 9.89. The molecule has 0 unspecified atom stereocenters. The van der Waals surface area contributed by atoms with Gasteiger partial charge in [-0.05, 0) is 45.6 Å². The van der Waals surface area contributed by atoms with Gasteiger partial charge in [-0.2, -0.15) is 0 Å². The van der Waals surface area contributed by atoms with Crippen LogP contribution in [0.2, 0.25) is 0 Å². The molecule has 2 amide bonds. The molecule has 1 saturated heterocycles. The van der Waals surface area contributed by atoms with Gasteiger partial charge >= 0.3 is 6.09 Å². The van der Waals surface area contributed by atoms with E-state index in [2.05, 4.69) is 17.4 Å². The predicted octanol–water partition coefficient (Wildman–Crippen LogP) is 3.26. The first-order valence-electron chi connectivity index (χ1n) is 10.7. The van der Waals surface area contributed by atoms with E-state index in [1.54, 1.807) is 27.9 Å². The zero-order valence-electron chi connectivity index (χ0n) is 18.4. The Balaban J connectivity index is 1.52. The Morgan fingerprint density at radius 1 is 1.17 bits per heavy atom. The standard InChI is InChI=1S/C23H34N2O5/c1-23(2,3)30-22(27)24-18-12-13-25(21(18)26)19-11-10-17(14-20(19)28-4)29-15-16-8-6-5-7-9-16/h5-9,17-20H,10-15H2,1-4H3,(H,24,27)/t17-,18-,19-,20+/m0/s1. The van der Waals surface area contributed by atoms with E-state index >= 15 is 0 Å². The van der Waals surface area contributed by atoms with E-state index in [-0.39, 0.29) is 24.2 Å². The first kappa shape index (κ1) is 22.6. The Labute approximate surface area is 179 Å². The van der Waals surface area contributed by atoms with Gasteiger partial charge in [0.05, 0.1) is 24.9 Å². The summed E-state index contributed by atoms with van der Waals surface area (Å²) >= 11 is 0. The third-order valence-corrected chi connectivity index (χ3v) is 5.67. The van der Waals surface area contributed by atoms with Gasteiger partial charge in [-0.25, -0.2) is 4.79 Å². The lowest BCUT2D eigenvalue weighted by Crippen LogP contribution is -2.52. The van der Waals surface area contributed by atoms with E-state index in [1.807, 2.05) is 23.1 Å². The van der Waals surface area contributed by atoms with Crippen LogP contribution in [0.4, 0.5) is 4.79 Å². The molecule has 0 spiro atoms. The second-order valence-corrected chi connectivity index (χ2v) is 9.09. The molecular formula is C23H34N2O5. The van der Waals surface area contributed by atoms with Crippen molar-refractivity contribution < 1.29 is 23.8 Å². The second kappa shape index (κ2) is 9.79. The number of methoxy groups -OCH3 is 1. The molecule has 1 aliphatic heterocycles. The Kier molecular flexibility index (Phi) is 7.36. The van der Waals surface area contributed by atoms with Gasteiger partial charge in [0, 0.05) is 20.1 Å². The summed E-state index contributed by atoms with van der Waals surface area (Å²) in [7, 11) is 1.69. The molecule has 2 fully saturated rings. The van der Waals surface area contributed by atoms with Gasteiger partial charge in [0.2, 0.25) is 5.91 Å². The van der Waals surface area contributed by atoms with E-state index in [0.29, 0.717) is 19.6 Å². The van der Waals surface area contributed by atoms with E-state index in [9.17, 15) is 9.59 Å². The van der Waals surface area contributed by atoms with Crippen LogP contribution in [0.1, 0.15) is 52.0 Å². The van der Waals surface area contributed by atoms with Gasteiger partial charge in [0.1, 0.15) is 11.6 Å². The Bertz CT molecular complexity index is 718. The average Bonchev–Trinajstić information content (AvgIpc) is 3.05. The van der Waals surface area contributed by atoms with E-state index in [0.717, 1.165) is 24.8 Å². The second-order valence-electron chi connectivity index (χ2n) is 9.09. The summed E-state index contributed by atoms with van der Waals surface area (Å²) in [5.41, 5.74) is 0.560. The van der Waals surface area contributed by atoms with E-state index in [1.165, 1.54) is 0 Å². The molecule has 0 radical (unpaired) electrons. The highest BCUT2D eigenvalue weighted by Crippen LogP contribution is 2.31. The number of carbonyl (C=O) groups excluding carboxylic acids is 2. The third-order valence-electron chi connectivity index (χ3n) is 5.67. The van der Waals surface area contributed by atoms with Crippen molar-refractivity contribution in [2.75, 3.05) is 13.7 Å². The molecule has 0 bridgehead atoms. The van der Waals surface area contributed by atoms with Crippen LogP contribution in [0.25, 0.3) is 0 Å². The van der Waals surface area contributed by atoms with Crippen LogP contribution >= 0.6 is 0 Å². The normalized spacial score (nSPS) is 27.2. The van der Waals surface area contributed by atoms with Gasteiger partial charge < -0.3 is 24.4 Å². The fourth-order valence-corrected chi connectivity index (χ4v) is 4.24. The van der Waals surface area contributed by atoms with Crippen LogP contribution in [0.15, 0.2) is 30.3 Å².